The first-order chi connectivity index (χ1) is 24.0. The Morgan fingerprint density at radius 3 is 2.31 bits per heavy atom. The van der Waals surface area contributed by atoms with E-state index in [1.807, 2.05) is 39.8 Å². The highest BCUT2D eigenvalue weighted by Crippen LogP contribution is 2.39. The van der Waals surface area contributed by atoms with Gasteiger partial charge in [0.1, 0.15) is 24.0 Å². The molecule has 0 aromatic rings. The molecule has 0 aliphatic carbocycles. The van der Waals surface area contributed by atoms with Crippen LogP contribution in [-0.4, -0.2) is 102 Å². The lowest BCUT2D eigenvalue weighted by atomic mass is 9.82. The summed E-state index contributed by atoms with van der Waals surface area (Å²) in [6.45, 7) is 15.5. The second-order valence-electron chi connectivity index (χ2n) is 15.6. The molecule has 3 rings (SSSR count). The quantitative estimate of drug-likeness (QED) is 0.209. The minimum absolute atomic E-state index is 0.0581. The Bertz CT molecular complexity index is 1280. The van der Waals surface area contributed by atoms with Crippen molar-refractivity contribution in [3.63, 3.8) is 0 Å². The van der Waals surface area contributed by atoms with Gasteiger partial charge in [-0.25, -0.2) is 4.79 Å². The van der Waals surface area contributed by atoms with Crippen LogP contribution in [0.1, 0.15) is 113 Å². The van der Waals surface area contributed by atoms with E-state index in [-0.39, 0.29) is 43.4 Å². The van der Waals surface area contributed by atoms with Crippen LogP contribution in [0.25, 0.3) is 0 Å². The van der Waals surface area contributed by atoms with Crippen molar-refractivity contribution in [2.75, 3.05) is 20.8 Å². The van der Waals surface area contributed by atoms with E-state index in [9.17, 15) is 29.4 Å². The van der Waals surface area contributed by atoms with Crippen LogP contribution < -0.4 is 0 Å². The van der Waals surface area contributed by atoms with Gasteiger partial charge in [0, 0.05) is 44.9 Å². The largest absolute Gasteiger partial charge is 0.456 e. The van der Waals surface area contributed by atoms with Crippen LogP contribution in [0.4, 0.5) is 0 Å². The molecule has 2 fully saturated rings. The average molecular weight is 720 g/mol. The standard InChI is InChI=1S/C40H65NO10/c1-11-23(3)18-26(6)35-28(8)31(42)22-32(43)29(12-2)19-24(4)17-25(5)20-33(48-9)36-34(49-10)21-27(7)40(47,51-36)37(44)38(45)41-16-14-13-15-30(41)39(46)50-35/h18-19,23,25,27-31,33-36,42,47H,11-17,20-22H2,1-10H3/b24-19+,26-18+/t23?,25-,27+,28+,29+,30-,31-,33-,34-,35+,36+,40+/m0/s1. The van der Waals surface area contributed by atoms with Gasteiger partial charge in [0.25, 0.3) is 11.7 Å². The van der Waals surface area contributed by atoms with E-state index in [4.69, 9.17) is 18.9 Å². The highest BCUT2D eigenvalue weighted by molar-refractivity contribution is 6.39. The van der Waals surface area contributed by atoms with Gasteiger partial charge in [-0.2, -0.15) is 0 Å². The van der Waals surface area contributed by atoms with Crippen LogP contribution in [0.3, 0.4) is 0 Å². The van der Waals surface area contributed by atoms with E-state index >= 15 is 0 Å². The molecule has 12 atom stereocenters. The molecule has 3 aliphatic heterocycles. The van der Waals surface area contributed by atoms with Crippen LogP contribution in [0, 0.1) is 29.6 Å². The highest BCUT2D eigenvalue weighted by atomic mass is 16.7. The summed E-state index contributed by atoms with van der Waals surface area (Å²) >= 11 is 0. The zero-order chi connectivity index (χ0) is 38.2. The Balaban J connectivity index is 2.12. The Kier molecular flexibility index (Phi) is 16.1. The SMILES string of the molecule is CCC(C)/C=C(\C)[C@H]1OC(=O)[C@@H]2CCCCN2C(=O)C(=O)[C@]2(O)O[C@H]([C@@H](OC)C[C@@H](C)C/C(C)=C/[C@@H](CC)C(=O)C[C@H](O)[C@H]1C)[C@@H](OC)C[C@H]2C. The van der Waals surface area contributed by atoms with E-state index in [2.05, 4.69) is 13.8 Å². The van der Waals surface area contributed by atoms with Gasteiger partial charge in [-0.1, -0.05) is 65.7 Å². The number of amides is 1. The maximum absolute atomic E-state index is 14.1. The van der Waals surface area contributed by atoms with E-state index in [1.54, 1.807) is 13.8 Å². The van der Waals surface area contributed by atoms with Gasteiger partial charge in [-0.3, -0.25) is 14.4 Å². The highest BCUT2D eigenvalue weighted by Gasteiger charge is 2.56. The Morgan fingerprint density at radius 1 is 1.06 bits per heavy atom. The number of aliphatic hydroxyl groups is 2. The third-order valence-electron chi connectivity index (χ3n) is 11.5. The van der Waals surface area contributed by atoms with Crippen LogP contribution in [0.5, 0.6) is 0 Å². The molecule has 11 nitrogen and oxygen atoms in total. The fourth-order valence-electron chi connectivity index (χ4n) is 8.04. The fraction of sp³-hybridized carbons (Fsp3) is 0.800. The molecule has 2 saturated heterocycles. The molecule has 3 heterocycles. The number of carbonyl (C=O) groups excluding carboxylic acids is 4. The predicted molar refractivity (Wildman–Crippen MR) is 193 cm³/mol. The molecule has 0 radical (unpaired) electrons. The number of carbonyl (C=O) groups is 4. The summed E-state index contributed by atoms with van der Waals surface area (Å²) in [5.41, 5.74) is 1.75. The minimum Gasteiger partial charge on any atom is -0.456 e. The summed E-state index contributed by atoms with van der Waals surface area (Å²) in [6.07, 6.45) is 4.20. The number of esters is 1. The lowest BCUT2D eigenvalue weighted by Gasteiger charge is -2.47. The predicted octanol–water partition coefficient (Wildman–Crippen LogP) is 5.34. The maximum atomic E-state index is 14.1. The summed E-state index contributed by atoms with van der Waals surface area (Å²) in [5, 5.41) is 23.4. The van der Waals surface area contributed by atoms with Crippen molar-refractivity contribution in [2.45, 2.75) is 156 Å². The summed E-state index contributed by atoms with van der Waals surface area (Å²) in [6, 6.07) is -1.08. The lowest BCUT2D eigenvalue weighted by Crippen LogP contribution is -2.64. The fourth-order valence-corrected chi connectivity index (χ4v) is 8.04. The molecule has 0 aromatic carbocycles. The van der Waals surface area contributed by atoms with E-state index in [1.165, 1.54) is 19.1 Å². The van der Waals surface area contributed by atoms with E-state index < -0.39 is 77.8 Å². The Labute approximate surface area is 305 Å². The number of ether oxygens (including phenoxy) is 4. The molecule has 0 spiro atoms. The first kappa shape index (κ1) is 43.0. The normalized spacial score (nSPS) is 38.9. The summed E-state index contributed by atoms with van der Waals surface area (Å²) in [5.74, 6) is -7.02. The molecule has 290 valence electrons. The summed E-state index contributed by atoms with van der Waals surface area (Å²) in [4.78, 5) is 57.0. The maximum Gasteiger partial charge on any atom is 0.329 e. The van der Waals surface area contributed by atoms with Gasteiger partial charge in [0.2, 0.25) is 5.79 Å². The number of nitrogens with zero attached hydrogens (tertiary/aromatic N) is 1. The zero-order valence-electron chi connectivity index (χ0n) is 32.7. The molecule has 11 heteroatoms. The first-order valence-electron chi connectivity index (χ1n) is 19.1. The summed E-state index contributed by atoms with van der Waals surface area (Å²) < 4.78 is 24.1. The number of allylic oxidation sites excluding steroid dienone is 3. The molecule has 0 saturated carbocycles. The van der Waals surface area contributed by atoms with E-state index in [0.29, 0.717) is 32.1 Å². The number of fused-ring (bicyclic) bond motifs is 3. The minimum atomic E-state index is -2.47. The third-order valence-corrected chi connectivity index (χ3v) is 11.5. The molecular formula is C40H65NO10. The number of cyclic esters (lactones) is 1. The van der Waals surface area contributed by atoms with Crippen molar-refractivity contribution in [1.82, 2.24) is 4.90 Å². The molecule has 51 heavy (non-hydrogen) atoms. The molecule has 1 unspecified atom stereocenters. The van der Waals surface area contributed by atoms with Gasteiger partial charge in [-0.15, -0.1) is 0 Å². The number of piperidine rings is 1. The van der Waals surface area contributed by atoms with Gasteiger partial charge < -0.3 is 34.1 Å². The Hall–Kier alpha value is -2.44. The van der Waals surface area contributed by atoms with Crippen LogP contribution in [-0.2, 0) is 38.1 Å². The zero-order valence-corrected chi connectivity index (χ0v) is 32.7. The monoisotopic (exact) mass is 719 g/mol. The van der Waals surface area contributed by atoms with Gasteiger partial charge in [-0.05, 0) is 76.2 Å². The Morgan fingerprint density at radius 2 is 1.71 bits per heavy atom. The van der Waals surface area contributed by atoms with Crippen LogP contribution in [0.15, 0.2) is 23.3 Å². The molecular weight excluding hydrogens is 654 g/mol. The van der Waals surface area contributed by atoms with Gasteiger partial charge in [0.05, 0.1) is 18.3 Å². The van der Waals surface area contributed by atoms with Crippen molar-refractivity contribution in [3.05, 3.63) is 23.3 Å². The van der Waals surface area contributed by atoms with Crippen molar-refractivity contribution in [1.29, 1.82) is 0 Å². The van der Waals surface area contributed by atoms with Crippen molar-refractivity contribution in [2.24, 2.45) is 29.6 Å². The summed E-state index contributed by atoms with van der Waals surface area (Å²) in [7, 11) is 3.08. The number of methoxy groups -OCH3 is 2. The number of Topliss-reactive ketones (excluding diaryl/α,β-unsaturated/α-hetero) is 2. The topological polar surface area (TPSA) is 149 Å². The van der Waals surface area contributed by atoms with Crippen LogP contribution >= 0.6 is 0 Å². The van der Waals surface area contributed by atoms with Gasteiger partial charge in [0.15, 0.2) is 0 Å². The van der Waals surface area contributed by atoms with Crippen molar-refractivity contribution >= 4 is 23.4 Å². The van der Waals surface area contributed by atoms with E-state index in [0.717, 1.165) is 17.6 Å². The molecule has 0 aromatic heterocycles. The number of rotatable bonds is 6. The van der Waals surface area contributed by atoms with Gasteiger partial charge >= 0.3 is 5.97 Å². The smallest absolute Gasteiger partial charge is 0.329 e. The second-order valence-corrected chi connectivity index (χ2v) is 15.6. The second kappa shape index (κ2) is 19.1. The average Bonchev–Trinajstić information content (AvgIpc) is 3.10. The molecule has 1 amide bonds. The number of hydrogen-bond donors (Lipinski definition) is 2. The van der Waals surface area contributed by atoms with Crippen LogP contribution in [0.2, 0.25) is 0 Å². The molecule has 3 aliphatic rings. The van der Waals surface area contributed by atoms with Crippen molar-refractivity contribution in [3.8, 4) is 0 Å². The molecule has 2 bridgehead atoms. The third kappa shape index (κ3) is 10.4. The lowest BCUT2D eigenvalue weighted by molar-refractivity contribution is -0.302. The van der Waals surface area contributed by atoms with Crippen molar-refractivity contribution < 1.29 is 48.3 Å². The number of aliphatic hydroxyl groups excluding tert-OH is 1. The number of ketones is 2. The number of hydrogen-bond acceptors (Lipinski definition) is 10. The first-order valence-corrected chi connectivity index (χ1v) is 19.1. The molecule has 2 N–H and O–H groups in total.